The number of carbonyl (C=O) groups is 4. The maximum absolute atomic E-state index is 13.1. The van der Waals surface area contributed by atoms with E-state index >= 15 is 0 Å². The normalized spacial score (nSPS) is 21.0. The zero-order chi connectivity index (χ0) is 18.8. The van der Waals surface area contributed by atoms with E-state index in [4.69, 9.17) is 4.74 Å². The molecule has 3 amide bonds. The topological polar surface area (TPSA) is 87.2 Å². The van der Waals surface area contributed by atoms with Gasteiger partial charge in [-0.1, -0.05) is 12.1 Å². The lowest BCUT2D eigenvalue weighted by Crippen LogP contribution is -2.54. The van der Waals surface area contributed by atoms with E-state index in [1.54, 1.807) is 43.2 Å². The summed E-state index contributed by atoms with van der Waals surface area (Å²) in [6.07, 6.45) is 0.966. The Hall–Kier alpha value is -2.74. The zero-order valence-corrected chi connectivity index (χ0v) is 14.8. The second-order valence-electron chi connectivity index (χ2n) is 6.27. The van der Waals surface area contributed by atoms with E-state index in [-0.39, 0.29) is 13.2 Å². The second kappa shape index (κ2) is 7.25. The predicted molar refractivity (Wildman–Crippen MR) is 90.9 cm³/mol. The molecule has 1 aromatic rings. The molecule has 138 valence electrons. The van der Waals surface area contributed by atoms with Crippen molar-refractivity contribution in [2.45, 2.75) is 25.8 Å². The molecule has 2 aliphatic rings. The summed E-state index contributed by atoms with van der Waals surface area (Å²) < 4.78 is 4.93. The lowest BCUT2D eigenvalue weighted by molar-refractivity contribution is -0.161. The van der Waals surface area contributed by atoms with Crippen molar-refractivity contribution >= 4 is 23.7 Å². The molecule has 1 atom stereocenters. The van der Waals surface area contributed by atoms with Crippen LogP contribution in [-0.4, -0.2) is 71.4 Å². The van der Waals surface area contributed by atoms with Gasteiger partial charge < -0.3 is 4.74 Å². The van der Waals surface area contributed by atoms with Crippen molar-refractivity contribution in [1.82, 2.24) is 14.9 Å². The van der Waals surface area contributed by atoms with Gasteiger partial charge in [0.15, 0.2) is 0 Å². The van der Waals surface area contributed by atoms with E-state index < -0.39 is 29.7 Å². The van der Waals surface area contributed by atoms with Crippen molar-refractivity contribution in [3.05, 3.63) is 35.4 Å². The Balaban J connectivity index is 1.88. The van der Waals surface area contributed by atoms with E-state index in [0.29, 0.717) is 30.5 Å². The molecule has 26 heavy (non-hydrogen) atoms. The molecule has 0 bridgehead atoms. The lowest BCUT2D eigenvalue weighted by atomic mass is 10.1. The van der Waals surface area contributed by atoms with Crippen LogP contribution in [0.15, 0.2) is 24.3 Å². The Kier molecular flexibility index (Phi) is 5.03. The zero-order valence-electron chi connectivity index (χ0n) is 14.8. The van der Waals surface area contributed by atoms with Crippen LogP contribution in [0.1, 0.15) is 40.5 Å². The number of ether oxygens (including phenoxy) is 1. The van der Waals surface area contributed by atoms with Crippen molar-refractivity contribution < 1.29 is 23.9 Å². The molecule has 0 N–H and O–H groups in total. The molecular weight excluding hydrogens is 338 g/mol. The minimum Gasteiger partial charge on any atom is -0.465 e. The van der Waals surface area contributed by atoms with Gasteiger partial charge in [-0.2, -0.15) is 0 Å². The molecule has 0 radical (unpaired) electrons. The number of hydrogen-bond acceptors (Lipinski definition) is 6. The summed E-state index contributed by atoms with van der Waals surface area (Å²) in [7, 11) is 1.70. The Morgan fingerprint density at radius 2 is 1.77 bits per heavy atom. The Morgan fingerprint density at radius 3 is 2.35 bits per heavy atom. The number of rotatable bonds is 4. The van der Waals surface area contributed by atoms with Gasteiger partial charge in [-0.25, -0.2) is 5.01 Å². The van der Waals surface area contributed by atoms with E-state index in [9.17, 15) is 19.2 Å². The minimum atomic E-state index is -0.929. The van der Waals surface area contributed by atoms with E-state index in [0.717, 1.165) is 4.90 Å². The molecule has 0 saturated carbocycles. The number of amides is 3. The average molecular weight is 359 g/mol. The van der Waals surface area contributed by atoms with Gasteiger partial charge in [0.2, 0.25) is 0 Å². The SMILES string of the molecule is CCOC(=O)CN1C(=O)[C@@H](N2C(=O)c3ccccc3C2=O)CCCN1C. The first-order valence-electron chi connectivity index (χ1n) is 8.60. The van der Waals surface area contributed by atoms with Crippen molar-refractivity contribution in [3.8, 4) is 0 Å². The Bertz CT molecular complexity index is 728. The maximum Gasteiger partial charge on any atom is 0.327 e. The number of benzene rings is 1. The van der Waals surface area contributed by atoms with Gasteiger partial charge in [-0.05, 0) is 31.9 Å². The number of fused-ring (bicyclic) bond motifs is 1. The van der Waals surface area contributed by atoms with Crippen LogP contribution in [0, 0.1) is 0 Å². The molecule has 1 saturated heterocycles. The molecule has 1 fully saturated rings. The first-order valence-corrected chi connectivity index (χ1v) is 8.60. The highest BCUT2D eigenvalue weighted by molar-refractivity contribution is 6.22. The van der Waals surface area contributed by atoms with E-state index in [1.165, 1.54) is 5.01 Å². The highest BCUT2D eigenvalue weighted by Crippen LogP contribution is 2.28. The Labute approximate surface area is 151 Å². The molecule has 1 aromatic carbocycles. The molecule has 2 heterocycles. The summed E-state index contributed by atoms with van der Waals surface area (Å²) in [5.41, 5.74) is 0.611. The fraction of sp³-hybridized carbons (Fsp3) is 0.444. The predicted octanol–water partition coefficient (Wildman–Crippen LogP) is 0.683. The molecule has 0 unspecified atom stereocenters. The summed E-state index contributed by atoms with van der Waals surface area (Å²) in [6, 6.07) is 5.60. The molecule has 8 heteroatoms. The monoisotopic (exact) mass is 359 g/mol. The standard InChI is InChI=1S/C18H21N3O5/c1-3-26-15(22)11-20-18(25)14(9-6-10-19(20)2)21-16(23)12-7-4-5-8-13(12)17(21)24/h4-5,7-8,14H,3,6,9-11H2,1-2H3/t14-/m0/s1. The highest BCUT2D eigenvalue weighted by atomic mass is 16.5. The third-order valence-corrected chi connectivity index (χ3v) is 4.63. The highest BCUT2D eigenvalue weighted by Gasteiger charge is 2.45. The molecular formula is C18H21N3O5. The van der Waals surface area contributed by atoms with Crippen molar-refractivity contribution in [1.29, 1.82) is 0 Å². The molecule has 3 rings (SSSR count). The number of hydrogen-bond donors (Lipinski definition) is 0. The molecule has 0 aliphatic carbocycles. The van der Waals surface area contributed by atoms with Gasteiger partial charge in [0.25, 0.3) is 17.7 Å². The summed E-state index contributed by atoms with van der Waals surface area (Å²) >= 11 is 0. The number of carbonyl (C=O) groups excluding carboxylic acids is 4. The number of esters is 1. The largest absolute Gasteiger partial charge is 0.465 e. The summed E-state index contributed by atoms with van der Waals surface area (Å²) in [4.78, 5) is 51.4. The molecule has 2 aliphatic heterocycles. The van der Waals surface area contributed by atoms with Gasteiger partial charge in [0.1, 0.15) is 12.6 Å². The van der Waals surface area contributed by atoms with Crippen LogP contribution < -0.4 is 0 Å². The quantitative estimate of drug-likeness (QED) is 0.580. The Morgan fingerprint density at radius 1 is 1.15 bits per heavy atom. The van der Waals surface area contributed by atoms with Crippen LogP contribution in [0.3, 0.4) is 0 Å². The van der Waals surface area contributed by atoms with Gasteiger partial charge in [-0.15, -0.1) is 0 Å². The molecule has 8 nitrogen and oxygen atoms in total. The average Bonchev–Trinajstić information content (AvgIpc) is 2.79. The van der Waals surface area contributed by atoms with Crippen LogP contribution in [-0.2, 0) is 14.3 Å². The third-order valence-electron chi connectivity index (χ3n) is 4.63. The van der Waals surface area contributed by atoms with Crippen molar-refractivity contribution in [3.63, 3.8) is 0 Å². The van der Waals surface area contributed by atoms with Crippen LogP contribution in [0.5, 0.6) is 0 Å². The third kappa shape index (κ3) is 3.08. The van der Waals surface area contributed by atoms with E-state index in [1.807, 2.05) is 0 Å². The van der Waals surface area contributed by atoms with Crippen LogP contribution in [0.25, 0.3) is 0 Å². The van der Waals surface area contributed by atoms with Crippen LogP contribution in [0.2, 0.25) is 0 Å². The van der Waals surface area contributed by atoms with Gasteiger partial charge in [-0.3, -0.25) is 29.1 Å². The number of nitrogens with zero attached hydrogens (tertiary/aromatic N) is 3. The van der Waals surface area contributed by atoms with Crippen molar-refractivity contribution in [2.24, 2.45) is 0 Å². The first kappa shape index (κ1) is 18.1. The summed E-state index contributed by atoms with van der Waals surface area (Å²) in [5, 5.41) is 2.90. The first-order chi connectivity index (χ1) is 12.5. The summed E-state index contributed by atoms with van der Waals surface area (Å²) in [6.45, 7) is 2.19. The van der Waals surface area contributed by atoms with Gasteiger partial charge in [0, 0.05) is 13.6 Å². The number of imide groups is 1. The van der Waals surface area contributed by atoms with Gasteiger partial charge in [0.05, 0.1) is 17.7 Å². The van der Waals surface area contributed by atoms with Gasteiger partial charge >= 0.3 is 5.97 Å². The molecule has 0 spiro atoms. The molecule has 0 aromatic heterocycles. The number of hydrazine groups is 1. The minimum absolute atomic E-state index is 0.215. The fourth-order valence-electron chi connectivity index (χ4n) is 3.36. The van der Waals surface area contributed by atoms with Crippen LogP contribution in [0.4, 0.5) is 0 Å². The summed E-state index contributed by atoms with van der Waals surface area (Å²) in [5.74, 6) is -1.92. The van der Waals surface area contributed by atoms with Crippen molar-refractivity contribution in [2.75, 3.05) is 26.7 Å². The lowest BCUT2D eigenvalue weighted by Gasteiger charge is -2.32. The smallest absolute Gasteiger partial charge is 0.327 e. The second-order valence-corrected chi connectivity index (χ2v) is 6.27. The fourth-order valence-corrected chi connectivity index (χ4v) is 3.36. The maximum atomic E-state index is 13.1. The van der Waals surface area contributed by atoms with E-state index in [2.05, 4.69) is 0 Å². The van der Waals surface area contributed by atoms with Crippen LogP contribution >= 0.6 is 0 Å².